The molecule has 0 saturated carbocycles. The Morgan fingerprint density at radius 3 is 2.81 bits per heavy atom. The lowest BCUT2D eigenvalue weighted by molar-refractivity contribution is 1.06. The molecular weight excluding hydrogens is 284 g/mol. The van der Waals surface area contributed by atoms with Gasteiger partial charge in [0.25, 0.3) is 0 Å². The van der Waals surface area contributed by atoms with E-state index in [1.807, 2.05) is 50.6 Å². The Bertz CT molecular complexity index is 764. The van der Waals surface area contributed by atoms with Gasteiger partial charge in [0.1, 0.15) is 0 Å². The van der Waals surface area contributed by atoms with Gasteiger partial charge < -0.3 is 15.2 Å². The van der Waals surface area contributed by atoms with Crippen molar-refractivity contribution < 1.29 is 0 Å². The van der Waals surface area contributed by atoms with Crippen LogP contribution < -0.4 is 10.2 Å². The number of rotatable bonds is 4. The Kier molecular flexibility index (Phi) is 3.71. The Morgan fingerprint density at radius 1 is 1.24 bits per heavy atom. The summed E-state index contributed by atoms with van der Waals surface area (Å²) < 4.78 is 0. The number of hydrogen-bond acceptors (Lipinski definition) is 3. The molecule has 0 amide bonds. The SMILES string of the molecule is CN(C)c1ccncc1NCc1[nH]c2ccccc2c1Cl. The third kappa shape index (κ3) is 2.67. The van der Waals surface area contributed by atoms with Gasteiger partial charge in [-0.2, -0.15) is 0 Å². The van der Waals surface area contributed by atoms with E-state index in [2.05, 4.69) is 20.2 Å². The third-order valence-electron chi connectivity index (χ3n) is 3.45. The van der Waals surface area contributed by atoms with Gasteiger partial charge in [-0.1, -0.05) is 29.8 Å². The highest BCUT2D eigenvalue weighted by Gasteiger charge is 2.10. The van der Waals surface area contributed by atoms with Crippen LogP contribution in [0.2, 0.25) is 5.02 Å². The zero-order valence-corrected chi connectivity index (χ0v) is 12.8. The van der Waals surface area contributed by atoms with Crippen LogP contribution in [0.4, 0.5) is 11.4 Å². The second kappa shape index (κ2) is 5.66. The summed E-state index contributed by atoms with van der Waals surface area (Å²) in [6.07, 6.45) is 3.61. The first-order chi connectivity index (χ1) is 10.2. The van der Waals surface area contributed by atoms with Crippen LogP contribution in [0, 0.1) is 0 Å². The van der Waals surface area contributed by atoms with Crippen molar-refractivity contribution in [1.82, 2.24) is 9.97 Å². The van der Waals surface area contributed by atoms with Gasteiger partial charge in [-0.05, 0) is 12.1 Å². The topological polar surface area (TPSA) is 44.0 Å². The smallest absolute Gasteiger partial charge is 0.0767 e. The Labute approximate surface area is 128 Å². The first kappa shape index (κ1) is 13.8. The number of nitrogens with zero attached hydrogens (tertiary/aromatic N) is 2. The molecule has 3 aromatic rings. The molecule has 0 radical (unpaired) electrons. The molecule has 0 spiro atoms. The fourth-order valence-electron chi connectivity index (χ4n) is 2.38. The number of fused-ring (bicyclic) bond motifs is 1. The number of nitrogens with one attached hydrogen (secondary N) is 2. The van der Waals surface area contributed by atoms with Crippen LogP contribution >= 0.6 is 11.6 Å². The minimum atomic E-state index is 0.625. The number of benzene rings is 1. The van der Waals surface area contributed by atoms with Crippen molar-refractivity contribution in [3.63, 3.8) is 0 Å². The summed E-state index contributed by atoms with van der Waals surface area (Å²) in [5.41, 5.74) is 4.11. The molecule has 0 saturated heterocycles. The molecule has 2 aromatic heterocycles. The predicted molar refractivity (Wildman–Crippen MR) is 89.2 cm³/mol. The molecule has 0 aliphatic carbocycles. The Morgan fingerprint density at radius 2 is 2.05 bits per heavy atom. The van der Waals surface area contributed by atoms with Crippen molar-refractivity contribution in [2.45, 2.75) is 6.54 Å². The zero-order valence-electron chi connectivity index (χ0n) is 12.0. The number of aromatic amines is 1. The van der Waals surface area contributed by atoms with Gasteiger partial charge in [0, 0.05) is 31.2 Å². The van der Waals surface area contributed by atoms with Crippen LogP contribution in [-0.2, 0) is 6.54 Å². The number of H-pyrrole nitrogens is 1. The summed E-state index contributed by atoms with van der Waals surface area (Å²) in [5, 5.41) is 5.22. The van der Waals surface area contributed by atoms with E-state index >= 15 is 0 Å². The van der Waals surface area contributed by atoms with E-state index in [0.717, 1.165) is 33.0 Å². The average Bonchev–Trinajstić information content (AvgIpc) is 2.82. The third-order valence-corrected chi connectivity index (χ3v) is 3.88. The maximum atomic E-state index is 6.43. The van der Waals surface area contributed by atoms with Gasteiger partial charge in [0.15, 0.2) is 0 Å². The molecule has 1 aromatic carbocycles. The average molecular weight is 301 g/mol. The molecule has 0 bridgehead atoms. The molecule has 5 heteroatoms. The van der Waals surface area contributed by atoms with E-state index in [-0.39, 0.29) is 0 Å². The van der Waals surface area contributed by atoms with Crippen molar-refractivity contribution in [1.29, 1.82) is 0 Å². The maximum Gasteiger partial charge on any atom is 0.0767 e. The largest absolute Gasteiger partial charge is 0.376 e. The van der Waals surface area contributed by atoms with Crippen LogP contribution in [-0.4, -0.2) is 24.1 Å². The van der Waals surface area contributed by atoms with Crippen LogP contribution in [0.3, 0.4) is 0 Å². The van der Waals surface area contributed by atoms with Gasteiger partial charge in [-0.15, -0.1) is 0 Å². The normalized spacial score (nSPS) is 10.8. The van der Waals surface area contributed by atoms with Gasteiger partial charge in [0.05, 0.1) is 34.8 Å². The Hall–Kier alpha value is -2.20. The van der Waals surface area contributed by atoms with Crippen molar-refractivity contribution in [2.24, 2.45) is 0 Å². The fraction of sp³-hybridized carbons (Fsp3) is 0.188. The lowest BCUT2D eigenvalue weighted by atomic mass is 10.2. The lowest BCUT2D eigenvalue weighted by Crippen LogP contribution is -2.12. The summed E-state index contributed by atoms with van der Waals surface area (Å²) in [6.45, 7) is 0.625. The van der Waals surface area contributed by atoms with E-state index in [9.17, 15) is 0 Å². The molecule has 3 rings (SSSR count). The van der Waals surface area contributed by atoms with E-state index in [1.165, 1.54) is 0 Å². The molecule has 0 unspecified atom stereocenters. The molecular formula is C16H17ClN4. The van der Waals surface area contributed by atoms with Gasteiger partial charge >= 0.3 is 0 Å². The van der Waals surface area contributed by atoms with E-state index in [0.29, 0.717) is 6.54 Å². The van der Waals surface area contributed by atoms with Gasteiger partial charge in [0.2, 0.25) is 0 Å². The van der Waals surface area contributed by atoms with E-state index < -0.39 is 0 Å². The lowest BCUT2D eigenvalue weighted by Gasteiger charge is -2.17. The molecule has 21 heavy (non-hydrogen) atoms. The molecule has 0 atom stereocenters. The molecule has 0 aliphatic heterocycles. The summed E-state index contributed by atoms with van der Waals surface area (Å²) in [5.74, 6) is 0. The summed E-state index contributed by atoms with van der Waals surface area (Å²) in [4.78, 5) is 9.58. The maximum absolute atomic E-state index is 6.43. The highest BCUT2D eigenvalue weighted by atomic mass is 35.5. The summed E-state index contributed by atoms with van der Waals surface area (Å²) in [7, 11) is 4.02. The monoisotopic (exact) mass is 300 g/mol. The van der Waals surface area contributed by atoms with Crippen LogP contribution in [0.5, 0.6) is 0 Å². The quantitative estimate of drug-likeness (QED) is 0.768. The van der Waals surface area contributed by atoms with Crippen molar-refractivity contribution in [3.8, 4) is 0 Å². The molecule has 2 N–H and O–H groups in total. The first-order valence-electron chi connectivity index (χ1n) is 6.77. The molecule has 0 fully saturated rings. The minimum Gasteiger partial charge on any atom is -0.376 e. The first-order valence-corrected chi connectivity index (χ1v) is 7.15. The van der Waals surface area contributed by atoms with Crippen molar-refractivity contribution in [3.05, 3.63) is 53.4 Å². The molecule has 4 nitrogen and oxygen atoms in total. The van der Waals surface area contributed by atoms with E-state index in [4.69, 9.17) is 11.6 Å². The summed E-state index contributed by atoms with van der Waals surface area (Å²) >= 11 is 6.43. The number of para-hydroxylation sites is 1. The predicted octanol–water partition coefficient (Wildman–Crippen LogP) is 3.89. The number of anilines is 2. The highest BCUT2D eigenvalue weighted by Crippen LogP contribution is 2.29. The molecule has 2 heterocycles. The van der Waals surface area contributed by atoms with Crippen LogP contribution in [0.15, 0.2) is 42.7 Å². The Balaban J connectivity index is 1.85. The second-order valence-corrected chi connectivity index (χ2v) is 5.48. The zero-order chi connectivity index (χ0) is 14.8. The number of hydrogen-bond donors (Lipinski definition) is 2. The molecule has 0 aliphatic rings. The minimum absolute atomic E-state index is 0.625. The second-order valence-electron chi connectivity index (χ2n) is 5.10. The van der Waals surface area contributed by atoms with Crippen molar-refractivity contribution >= 4 is 33.9 Å². The summed E-state index contributed by atoms with van der Waals surface area (Å²) in [6, 6.07) is 10.0. The standard InChI is InChI=1S/C16H17ClN4/c1-21(2)15-7-8-18-9-13(15)19-10-14-16(17)11-5-3-4-6-12(11)20-14/h3-9,19-20H,10H2,1-2H3. The van der Waals surface area contributed by atoms with Crippen LogP contribution in [0.1, 0.15) is 5.69 Å². The van der Waals surface area contributed by atoms with Gasteiger partial charge in [-0.3, -0.25) is 4.98 Å². The molecule has 108 valence electrons. The van der Waals surface area contributed by atoms with E-state index in [1.54, 1.807) is 6.20 Å². The number of pyridine rings is 1. The number of halogens is 1. The van der Waals surface area contributed by atoms with Crippen LogP contribution in [0.25, 0.3) is 10.9 Å². The van der Waals surface area contributed by atoms with Gasteiger partial charge in [-0.25, -0.2) is 0 Å². The van der Waals surface area contributed by atoms with Crippen molar-refractivity contribution in [2.75, 3.05) is 24.3 Å². The number of aromatic nitrogens is 2. The fourth-order valence-corrected chi connectivity index (χ4v) is 2.66. The highest BCUT2D eigenvalue weighted by molar-refractivity contribution is 6.36.